The van der Waals surface area contributed by atoms with Crippen LogP contribution in [0.4, 0.5) is 0 Å². The molecular formula is C10H12OS. The lowest BCUT2D eigenvalue weighted by Crippen LogP contribution is -2.24. The van der Waals surface area contributed by atoms with E-state index in [1.807, 2.05) is 0 Å². The Morgan fingerprint density at radius 1 is 1.58 bits per heavy atom. The van der Waals surface area contributed by atoms with E-state index in [1.165, 1.54) is 12.8 Å². The third-order valence-corrected chi connectivity index (χ3v) is 4.14. The first-order chi connectivity index (χ1) is 5.81. The van der Waals surface area contributed by atoms with Gasteiger partial charge in [0.25, 0.3) is 0 Å². The molecule has 2 aliphatic rings. The Bertz CT molecular complexity index is 293. The second kappa shape index (κ2) is 2.12. The van der Waals surface area contributed by atoms with Gasteiger partial charge >= 0.3 is 0 Å². The highest BCUT2D eigenvalue weighted by Crippen LogP contribution is 2.61. The maximum Gasteiger partial charge on any atom is 0.0935 e. The molecule has 1 nitrogen and oxygen atoms in total. The highest BCUT2D eigenvalue weighted by atomic mass is 32.1. The van der Waals surface area contributed by atoms with Crippen LogP contribution < -0.4 is 0 Å². The fourth-order valence-corrected chi connectivity index (χ4v) is 3.34. The van der Waals surface area contributed by atoms with Crippen LogP contribution in [0.1, 0.15) is 24.8 Å². The zero-order valence-corrected chi connectivity index (χ0v) is 7.68. The zero-order chi connectivity index (χ0) is 8.18. The Kier molecular flexibility index (Phi) is 1.25. The molecule has 2 aliphatic carbocycles. The summed E-state index contributed by atoms with van der Waals surface area (Å²) in [7, 11) is 0. The molecule has 3 rings (SSSR count). The molecule has 0 aromatic carbocycles. The average Bonchev–Trinajstić information content (AvgIpc) is 2.55. The summed E-state index contributed by atoms with van der Waals surface area (Å²) in [5, 5.41) is 14.5. The minimum absolute atomic E-state index is 0.440. The predicted molar refractivity (Wildman–Crippen MR) is 49.0 cm³/mol. The summed E-state index contributed by atoms with van der Waals surface area (Å²) in [5.41, 5.74) is 0.725. The maximum atomic E-state index is 10.4. The van der Waals surface area contributed by atoms with Gasteiger partial charge in [0.1, 0.15) is 0 Å². The van der Waals surface area contributed by atoms with Crippen molar-refractivity contribution in [3.05, 3.63) is 22.4 Å². The molecule has 0 spiro atoms. The van der Waals surface area contributed by atoms with Crippen LogP contribution in [0.2, 0.25) is 0 Å². The lowest BCUT2D eigenvalue weighted by atomic mass is 9.91. The van der Waals surface area contributed by atoms with E-state index in [0.29, 0.717) is 5.92 Å². The van der Waals surface area contributed by atoms with Crippen LogP contribution in [0.5, 0.6) is 0 Å². The summed E-state index contributed by atoms with van der Waals surface area (Å²) in [6.45, 7) is 0. The van der Waals surface area contributed by atoms with Gasteiger partial charge < -0.3 is 5.11 Å². The summed E-state index contributed by atoms with van der Waals surface area (Å²) in [6, 6.07) is 2.07. The molecule has 1 N–H and O–H groups in total. The van der Waals surface area contributed by atoms with Crippen LogP contribution in [0, 0.1) is 11.8 Å². The Balaban J connectivity index is 2.00. The molecule has 64 valence electrons. The first-order valence-corrected chi connectivity index (χ1v) is 5.50. The summed E-state index contributed by atoms with van der Waals surface area (Å²) in [5.74, 6) is 1.43. The minimum Gasteiger partial charge on any atom is -0.385 e. The molecule has 0 bridgehead atoms. The third-order valence-electron chi connectivity index (χ3n) is 3.45. The summed E-state index contributed by atoms with van der Waals surface area (Å²) in [6.07, 6.45) is 3.47. The number of hydrogen-bond donors (Lipinski definition) is 1. The highest BCUT2D eigenvalue weighted by molar-refractivity contribution is 7.08. The monoisotopic (exact) mass is 180 g/mol. The maximum absolute atomic E-state index is 10.4. The molecular weight excluding hydrogens is 168 g/mol. The van der Waals surface area contributed by atoms with Crippen LogP contribution in [0.15, 0.2) is 16.8 Å². The Labute approximate surface area is 76.0 Å². The first-order valence-electron chi connectivity index (χ1n) is 4.56. The average molecular weight is 180 g/mol. The quantitative estimate of drug-likeness (QED) is 0.703. The van der Waals surface area contributed by atoms with Gasteiger partial charge in [0, 0.05) is 0 Å². The summed E-state index contributed by atoms with van der Waals surface area (Å²) < 4.78 is 0. The predicted octanol–water partition coefficient (Wildman–Crippen LogP) is 2.37. The van der Waals surface area contributed by atoms with Gasteiger partial charge in [-0.3, -0.25) is 0 Å². The number of aliphatic hydroxyl groups is 1. The van der Waals surface area contributed by atoms with E-state index < -0.39 is 5.60 Å². The molecule has 3 unspecified atom stereocenters. The van der Waals surface area contributed by atoms with E-state index in [-0.39, 0.29) is 0 Å². The van der Waals surface area contributed by atoms with Crippen molar-refractivity contribution < 1.29 is 5.11 Å². The van der Waals surface area contributed by atoms with E-state index in [2.05, 4.69) is 16.8 Å². The molecule has 1 aromatic rings. The van der Waals surface area contributed by atoms with Gasteiger partial charge in [-0.25, -0.2) is 0 Å². The van der Waals surface area contributed by atoms with Gasteiger partial charge in [-0.2, -0.15) is 11.3 Å². The van der Waals surface area contributed by atoms with E-state index in [9.17, 15) is 5.11 Å². The number of fused-ring (bicyclic) bond motifs is 1. The normalized spacial score (nSPS) is 44.4. The standard InChI is InChI=1S/C10H12OS/c11-10(8-2-4-12-6-8)3-1-7-5-9(7)10/h2,4,6-7,9,11H,1,3,5H2. The van der Waals surface area contributed by atoms with E-state index in [1.54, 1.807) is 11.3 Å². The molecule has 1 aromatic heterocycles. The number of hydrogen-bond acceptors (Lipinski definition) is 2. The van der Waals surface area contributed by atoms with Crippen molar-refractivity contribution in [1.82, 2.24) is 0 Å². The lowest BCUT2D eigenvalue weighted by molar-refractivity contribution is 0.0212. The zero-order valence-electron chi connectivity index (χ0n) is 6.86. The third kappa shape index (κ3) is 0.771. The van der Waals surface area contributed by atoms with Crippen LogP contribution in [0.3, 0.4) is 0 Å². The lowest BCUT2D eigenvalue weighted by Gasteiger charge is -2.23. The van der Waals surface area contributed by atoms with Crippen molar-refractivity contribution in [3.63, 3.8) is 0 Å². The van der Waals surface area contributed by atoms with Crippen molar-refractivity contribution in [2.75, 3.05) is 0 Å². The van der Waals surface area contributed by atoms with Crippen LogP contribution in [-0.2, 0) is 5.60 Å². The number of rotatable bonds is 1. The van der Waals surface area contributed by atoms with Crippen LogP contribution >= 0.6 is 11.3 Å². The first kappa shape index (κ1) is 7.10. The van der Waals surface area contributed by atoms with Crippen LogP contribution in [-0.4, -0.2) is 5.11 Å². The van der Waals surface area contributed by atoms with Crippen molar-refractivity contribution in [1.29, 1.82) is 0 Å². The Morgan fingerprint density at radius 3 is 3.00 bits per heavy atom. The smallest absolute Gasteiger partial charge is 0.0935 e. The molecule has 0 radical (unpaired) electrons. The second-order valence-corrected chi connectivity index (χ2v) is 4.86. The van der Waals surface area contributed by atoms with Crippen molar-refractivity contribution in [2.45, 2.75) is 24.9 Å². The second-order valence-electron chi connectivity index (χ2n) is 4.08. The Morgan fingerprint density at radius 2 is 2.50 bits per heavy atom. The fourth-order valence-electron chi connectivity index (χ4n) is 2.61. The van der Waals surface area contributed by atoms with Gasteiger partial charge in [0.2, 0.25) is 0 Å². The van der Waals surface area contributed by atoms with Crippen molar-refractivity contribution in [3.8, 4) is 0 Å². The van der Waals surface area contributed by atoms with Crippen molar-refractivity contribution >= 4 is 11.3 Å². The van der Waals surface area contributed by atoms with Gasteiger partial charge in [-0.05, 0) is 53.5 Å². The fraction of sp³-hybridized carbons (Fsp3) is 0.600. The van der Waals surface area contributed by atoms with Crippen molar-refractivity contribution in [2.24, 2.45) is 11.8 Å². The molecule has 3 atom stereocenters. The molecule has 0 saturated heterocycles. The number of thiophene rings is 1. The topological polar surface area (TPSA) is 20.2 Å². The minimum atomic E-state index is -0.440. The van der Waals surface area contributed by atoms with Gasteiger partial charge in [0.15, 0.2) is 0 Å². The largest absolute Gasteiger partial charge is 0.385 e. The molecule has 2 saturated carbocycles. The molecule has 2 fully saturated rings. The van der Waals surface area contributed by atoms with E-state index in [4.69, 9.17) is 0 Å². The molecule has 12 heavy (non-hydrogen) atoms. The van der Waals surface area contributed by atoms with Gasteiger partial charge in [0.05, 0.1) is 5.60 Å². The van der Waals surface area contributed by atoms with Gasteiger partial charge in [-0.15, -0.1) is 0 Å². The molecule has 2 heteroatoms. The SMILES string of the molecule is OC1(c2ccsc2)CCC2CC21. The summed E-state index contributed by atoms with van der Waals surface area (Å²) in [4.78, 5) is 0. The highest BCUT2D eigenvalue weighted by Gasteiger charge is 2.57. The molecule has 0 amide bonds. The van der Waals surface area contributed by atoms with E-state index >= 15 is 0 Å². The Hall–Kier alpha value is -0.340. The van der Waals surface area contributed by atoms with E-state index in [0.717, 1.165) is 17.9 Å². The molecule has 0 aliphatic heterocycles. The van der Waals surface area contributed by atoms with Gasteiger partial charge in [-0.1, -0.05) is 0 Å². The van der Waals surface area contributed by atoms with Crippen LogP contribution in [0.25, 0.3) is 0 Å². The molecule has 1 heterocycles. The summed E-state index contributed by atoms with van der Waals surface area (Å²) >= 11 is 1.69.